The third-order valence-corrected chi connectivity index (χ3v) is 3.27. The van der Waals surface area contributed by atoms with Gasteiger partial charge in [0.05, 0.1) is 19.3 Å². The van der Waals surface area contributed by atoms with Crippen molar-refractivity contribution in [3.8, 4) is 11.3 Å². The molecule has 5 nitrogen and oxygen atoms in total. The van der Waals surface area contributed by atoms with Crippen molar-refractivity contribution < 1.29 is 14.3 Å². The molecule has 0 bridgehead atoms. The van der Waals surface area contributed by atoms with Gasteiger partial charge in [-0.15, -0.1) is 0 Å². The number of ether oxygens (including phenoxy) is 2. The van der Waals surface area contributed by atoms with Crippen LogP contribution in [0.2, 0.25) is 0 Å². The lowest BCUT2D eigenvalue weighted by Gasteiger charge is -2.11. The average molecular weight is 274 g/mol. The largest absolute Gasteiger partial charge is 0.465 e. The van der Waals surface area contributed by atoms with E-state index in [0.717, 1.165) is 17.0 Å². The summed E-state index contributed by atoms with van der Waals surface area (Å²) in [6.45, 7) is 3.16. The smallest absolute Gasteiger partial charge is 0.339 e. The molecule has 0 saturated heterocycles. The number of methoxy groups -OCH3 is 2. The molecule has 2 heterocycles. The highest BCUT2D eigenvalue weighted by Crippen LogP contribution is 2.26. The van der Waals surface area contributed by atoms with Crippen molar-refractivity contribution in [2.75, 3.05) is 20.8 Å². The summed E-state index contributed by atoms with van der Waals surface area (Å²) in [6.07, 6.45) is 3.46. The van der Waals surface area contributed by atoms with E-state index in [1.54, 1.807) is 19.5 Å². The van der Waals surface area contributed by atoms with Crippen LogP contribution in [0.4, 0.5) is 0 Å². The third kappa shape index (κ3) is 2.72. The molecule has 0 spiro atoms. The summed E-state index contributed by atoms with van der Waals surface area (Å²) in [4.78, 5) is 15.8. The summed E-state index contributed by atoms with van der Waals surface area (Å²) in [5.74, 6) is -0.325. The van der Waals surface area contributed by atoms with Crippen molar-refractivity contribution in [2.24, 2.45) is 0 Å². The minimum atomic E-state index is -0.325. The normalized spacial score (nSPS) is 10.6. The van der Waals surface area contributed by atoms with Gasteiger partial charge in [0.15, 0.2) is 0 Å². The Morgan fingerprint density at radius 3 is 2.60 bits per heavy atom. The molecule has 0 aliphatic rings. The van der Waals surface area contributed by atoms with E-state index >= 15 is 0 Å². The molecule has 0 aliphatic carbocycles. The summed E-state index contributed by atoms with van der Waals surface area (Å²) >= 11 is 0. The van der Waals surface area contributed by atoms with Crippen LogP contribution >= 0.6 is 0 Å². The standard InChI is InChI=1S/C15H18N2O3/c1-11-13(15(18)20-3)10-14(17(11)8-9-19-2)12-4-6-16-7-5-12/h4-7,10H,8-9H2,1-3H3. The predicted octanol–water partition coefficient (Wildman–Crippen LogP) is 2.29. The predicted molar refractivity (Wildman–Crippen MR) is 75.6 cm³/mol. The van der Waals surface area contributed by atoms with Crippen LogP contribution in [0.25, 0.3) is 11.3 Å². The van der Waals surface area contributed by atoms with E-state index < -0.39 is 0 Å². The highest BCUT2D eigenvalue weighted by molar-refractivity contribution is 5.92. The molecule has 5 heteroatoms. The molecule has 0 N–H and O–H groups in total. The molecule has 0 fully saturated rings. The Balaban J connectivity index is 2.51. The van der Waals surface area contributed by atoms with Crippen LogP contribution < -0.4 is 0 Å². The minimum Gasteiger partial charge on any atom is -0.465 e. The van der Waals surface area contributed by atoms with E-state index in [2.05, 4.69) is 9.55 Å². The second-order valence-corrected chi connectivity index (χ2v) is 4.40. The van der Waals surface area contributed by atoms with E-state index in [1.165, 1.54) is 7.11 Å². The number of nitrogens with zero attached hydrogens (tertiary/aromatic N) is 2. The minimum absolute atomic E-state index is 0.325. The first-order valence-corrected chi connectivity index (χ1v) is 6.36. The molecule has 0 unspecified atom stereocenters. The molecule has 0 amide bonds. The zero-order chi connectivity index (χ0) is 14.5. The molecule has 2 aromatic rings. The molecule has 106 valence electrons. The van der Waals surface area contributed by atoms with Gasteiger partial charge < -0.3 is 14.0 Å². The summed E-state index contributed by atoms with van der Waals surface area (Å²) in [7, 11) is 3.05. The Kier molecular flexibility index (Phi) is 4.53. The van der Waals surface area contributed by atoms with Crippen molar-refractivity contribution in [3.05, 3.63) is 41.9 Å². The van der Waals surface area contributed by atoms with Gasteiger partial charge in [0, 0.05) is 43.0 Å². The Bertz CT molecular complexity index is 591. The van der Waals surface area contributed by atoms with Gasteiger partial charge >= 0.3 is 5.97 Å². The van der Waals surface area contributed by atoms with E-state index in [0.29, 0.717) is 18.7 Å². The SMILES string of the molecule is COCCn1c(-c2ccncc2)cc(C(=O)OC)c1C. The second kappa shape index (κ2) is 6.34. The number of rotatable bonds is 5. The molecular formula is C15H18N2O3. The first-order chi connectivity index (χ1) is 9.69. The lowest BCUT2D eigenvalue weighted by atomic mass is 10.2. The van der Waals surface area contributed by atoms with Crippen LogP contribution in [0.1, 0.15) is 16.1 Å². The highest BCUT2D eigenvalue weighted by Gasteiger charge is 2.18. The van der Waals surface area contributed by atoms with Crippen LogP contribution in [0.3, 0.4) is 0 Å². The van der Waals surface area contributed by atoms with E-state index in [9.17, 15) is 4.79 Å². The monoisotopic (exact) mass is 274 g/mol. The number of hydrogen-bond acceptors (Lipinski definition) is 4. The van der Waals surface area contributed by atoms with Crippen LogP contribution in [-0.4, -0.2) is 36.3 Å². The quantitative estimate of drug-likeness (QED) is 0.785. The summed E-state index contributed by atoms with van der Waals surface area (Å²) in [6, 6.07) is 5.68. The molecule has 2 rings (SSSR count). The van der Waals surface area contributed by atoms with Crippen molar-refractivity contribution in [2.45, 2.75) is 13.5 Å². The number of carbonyl (C=O) groups is 1. The molecule has 20 heavy (non-hydrogen) atoms. The van der Waals surface area contributed by atoms with Crippen molar-refractivity contribution in [3.63, 3.8) is 0 Å². The average Bonchev–Trinajstić information content (AvgIpc) is 2.82. The van der Waals surface area contributed by atoms with Gasteiger partial charge in [0.25, 0.3) is 0 Å². The van der Waals surface area contributed by atoms with Crippen molar-refractivity contribution in [1.29, 1.82) is 0 Å². The maximum atomic E-state index is 11.8. The fourth-order valence-corrected chi connectivity index (χ4v) is 2.19. The van der Waals surface area contributed by atoms with E-state index in [1.807, 2.05) is 25.1 Å². The van der Waals surface area contributed by atoms with Gasteiger partial charge in [0.1, 0.15) is 0 Å². The molecule has 0 radical (unpaired) electrons. The van der Waals surface area contributed by atoms with Gasteiger partial charge in [-0.05, 0) is 25.1 Å². The zero-order valence-corrected chi connectivity index (χ0v) is 11.9. The van der Waals surface area contributed by atoms with Crippen LogP contribution in [0.15, 0.2) is 30.6 Å². The molecule has 0 atom stereocenters. The van der Waals surface area contributed by atoms with Crippen molar-refractivity contribution in [1.82, 2.24) is 9.55 Å². The second-order valence-electron chi connectivity index (χ2n) is 4.40. The molecule has 0 saturated carbocycles. The summed E-state index contributed by atoms with van der Waals surface area (Å²) in [5.41, 5.74) is 3.42. The summed E-state index contributed by atoms with van der Waals surface area (Å²) < 4.78 is 12.0. The van der Waals surface area contributed by atoms with Crippen LogP contribution in [0, 0.1) is 6.92 Å². The first-order valence-electron chi connectivity index (χ1n) is 6.36. The van der Waals surface area contributed by atoms with Crippen LogP contribution in [0.5, 0.6) is 0 Å². The number of hydrogen-bond donors (Lipinski definition) is 0. The fraction of sp³-hybridized carbons (Fsp3) is 0.333. The topological polar surface area (TPSA) is 53.4 Å². The lowest BCUT2D eigenvalue weighted by Crippen LogP contribution is -2.09. The van der Waals surface area contributed by atoms with Gasteiger partial charge in [0.2, 0.25) is 0 Å². The third-order valence-electron chi connectivity index (χ3n) is 3.27. The zero-order valence-electron chi connectivity index (χ0n) is 11.9. The number of pyridine rings is 1. The van der Waals surface area contributed by atoms with Gasteiger partial charge in [-0.3, -0.25) is 4.98 Å². The maximum absolute atomic E-state index is 11.8. The van der Waals surface area contributed by atoms with E-state index in [-0.39, 0.29) is 5.97 Å². The number of carbonyl (C=O) groups excluding carboxylic acids is 1. The number of aromatic nitrogens is 2. The lowest BCUT2D eigenvalue weighted by molar-refractivity contribution is 0.0599. The van der Waals surface area contributed by atoms with Gasteiger partial charge in [-0.2, -0.15) is 0 Å². The maximum Gasteiger partial charge on any atom is 0.339 e. The Morgan fingerprint density at radius 1 is 1.30 bits per heavy atom. The van der Waals surface area contributed by atoms with Gasteiger partial charge in [-0.25, -0.2) is 4.79 Å². The van der Waals surface area contributed by atoms with Crippen molar-refractivity contribution >= 4 is 5.97 Å². The Hall–Kier alpha value is -2.14. The Labute approximate surface area is 118 Å². The summed E-state index contributed by atoms with van der Waals surface area (Å²) in [5, 5.41) is 0. The van der Waals surface area contributed by atoms with Crippen LogP contribution in [-0.2, 0) is 16.0 Å². The molecular weight excluding hydrogens is 256 g/mol. The van der Waals surface area contributed by atoms with Gasteiger partial charge in [-0.1, -0.05) is 0 Å². The molecule has 0 aliphatic heterocycles. The van der Waals surface area contributed by atoms with E-state index in [4.69, 9.17) is 9.47 Å². The number of esters is 1. The fourth-order valence-electron chi connectivity index (χ4n) is 2.19. The Morgan fingerprint density at radius 2 is 2.00 bits per heavy atom. The molecule has 2 aromatic heterocycles. The highest BCUT2D eigenvalue weighted by atomic mass is 16.5. The molecule has 0 aromatic carbocycles. The first kappa shape index (κ1) is 14.3.